The molecule has 0 radical (unpaired) electrons. The highest BCUT2D eigenvalue weighted by Crippen LogP contribution is 2.56. The third-order valence-corrected chi connectivity index (χ3v) is 9.50. The predicted molar refractivity (Wildman–Crippen MR) is 184 cm³/mol. The first-order valence-corrected chi connectivity index (χ1v) is 16.6. The number of nitrogens with one attached hydrogen (secondary N) is 2. The maximum Gasteiger partial charge on any atom is 0.231 e. The Labute approximate surface area is 301 Å². The van der Waals surface area contributed by atoms with Gasteiger partial charge in [-0.1, -0.05) is 18.5 Å². The highest BCUT2D eigenvalue weighted by molar-refractivity contribution is 9.10. The van der Waals surface area contributed by atoms with Crippen LogP contribution in [0.5, 0.6) is 34.5 Å². The maximum atomic E-state index is 14.4. The summed E-state index contributed by atoms with van der Waals surface area (Å²) in [6.07, 6.45) is -0.515. The van der Waals surface area contributed by atoms with Crippen LogP contribution in [0.25, 0.3) is 0 Å². The Balaban J connectivity index is 1.59. The SMILES string of the molecule is COc1cc(OC)c2c(c1Cl)OC1(C2=O)C(O)=C(C(CC(=O)NCCNc2nc(Br)nn2C)c2cc(OC)c(OC)c(OC)c2)C(=O)CC1C. The fourth-order valence-corrected chi connectivity index (χ4v) is 7.04. The number of carbonyl (C=O) groups excluding carboxylic acids is 3. The summed E-state index contributed by atoms with van der Waals surface area (Å²) in [4.78, 5) is 46.2. The molecule has 3 unspecified atom stereocenters. The van der Waals surface area contributed by atoms with Crippen molar-refractivity contribution in [3.05, 3.63) is 50.4 Å². The molecule has 0 bridgehead atoms. The number of anilines is 1. The fourth-order valence-electron chi connectivity index (χ4n) is 6.37. The Kier molecular flexibility index (Phi) is 10.7. The van der Waals surface area contributed by atoms with E-state index in [2.05, 4.69) is 36.6 Å². The van der Waals surface area contributed by atoms with Crippen molar-refractivity contribution >= 4 is 51.0 Å². The van der Waals surface area contributed by atoms with Gasteiger partial charge in [0, 0.05) is 56.5 Å². The van der Waals surface area contributed by atoms with E-state index in [4.69, 9.17) is 40.0 Å². The predicted octanol–water partition coefficient (Wildman–Crippen LogP) is 4.41. The van der Waals surface area contributed by atoms with Gasteiger partial charge in [-0.2, -0.15) is 4.98 Å². The second-order valence-corrected chi connectivity index (χ2v) is 12.7. The van der Waals surface area contributed by atoms with Crippen LogP contribution < -0.4 is 39.1 Å². The van der Waals surface area contributed by atoms with Crippen LogP contribution in [0.15, 0.2) is 34.3 Å². The van der Waals surface area contributed by atoms with E-state index in [0.29, 0.717) is 22.8 Å². The van der Waals surface area contributed by atoms with Crippen molar-refractivity contribution in [3.63, 3.8) is 0 Å². The molecule has 5 rings (SSSR count). The number of hydrogen-bond donors (Lipinski definition) is 3. The molecule has 1 aromatic heterocycles. The molecule has 3 N–H and O–H groups in total. The Morgan fingerprint density at radius 2 is 1.70 bits per heavy atom. The third kappa shape index (κ3) is 6.25. The fraction of sp³-hybridized carbons (Fsp3) is 0.424. The number of aryl methyl sites for hydroxylation is 1. The van der Waals surface area contributed by atoms with Crippen molar-refractivity contribution in [2.75, 3.05) is 54.0 Å². The number of aliphatic hydroxyl groups is 1. The van der Waals surface area contributed by atoms with Gasteiger partial charge in [0.1, 0.15) is 22.1 Å². The van der Waals surface area contributed by atoms with Crippen LogP contribution in [-0.2, 0) is 16.6 Å². The lowest BCUT2D eigenvalue weighted by Gasteiger charge is -2.38. The number of hydrogen-bond acceptors (Lipinski definition) is 13. The zero-order valence-corrected chi connectivity index (χ0v) is 30.8. The molecule has 1 aliphatic heterocycles. The van der Waals surface area contributed by atoms with E-state index in [0.717, 1.165) is 0 Å². The summed E-state index contributed by atoms with van der Waals surface area (Å²) in [6.45, 7) is 2.11. The molecule has 15 nitrogen and oxygen atoms in total. The second-order valence-electron chi connectivity index (χ2n) is 11.6. The Bertz CT molecular complexity index is 1860. The van der Waals surface area contributed by atoms with Crippen LogP contribution in [0.2, 0.25) is 5.02 Å². The zero-order chi connectivity index (χ0) is 36.5. The van der Waals surface area contributed by atoms with Gasteiger partial charge in [0.05, 0.1) is 35.5 Å². The molecular formula is C33H37BrClN5O10. The number of amides is 1. The summed E-state index contributed by atoms with van der Waals surface area (Å²) in [7, 11) is 8.79. The third-order valence-electron chi connectivity index (χ3n) is 8.81. The molecule has 2 heterocycles. The summed E-state index contributed by atoms with van der Waals surface area (Å²) in [5.41, 5.74) is -1.87. The number of methoxy groups -OCH3 is 5. The first kappa shape index (κ1) is 36.6. The number of allylic oxidation sites excluding steroid dienone is 1. The largest absolute Gasteiger partial charge is 0.507 e. The number of ether oxygens (including phenoxy) is 6. The van der Waals surface area contributed by atoms with Crippen LogP contribution >= 0.6 is 27.5 Å². The molecular weight excluding hydrogens is 742 g/mol. The normalized spacial score (nSPS) is 18.8. The quantitative estimate of drug-likeness (QED) is 0.208. The smallest absolute Gasteiger partial charge is 0.231 e. The number of halogens is 2. The van der Waals surface area contributed by atoms with Crippen molar-refractivity contribution in [1.29, 1.82) is 0 Å². The molecule has 1 amide bonds. The molecule has 1 aliphatic carbocycles. The van der Waals surface area contributed by atoms with Gasteiger partial charge in [-0.15, -0.1) is 5.10 Å². The lowest BCUT2D eigenvalue weighted by atomic mass is 9.69. The molecule has 0 saturated heterocycles. The summed E-state index contributed by atoms with van der Waals surface area (Å²) in [5.74, 6) is -2.66. The Morgan fingerprint density at radius 3 is 2.26 bits per heavy atom. The van der Waals surface area contributed by atoms with Gasteiger partial charge in [-0.3, -0.25) is 14.4 Å². The number of Topliss-reactive ketones (excluding diaryl/α,β-unsaturated/α-hetero) is 2. The number of benzene rings is 2. The lowest BCUT2D eigenvalue weighted by molar-refractivity contribution is -0.121. The van der Waals surface area contributed by atoms with Crippen LogP contribution in [0.3, 0.4) is 0 Å². The molecule has 3 atom stereocenters. The van der Waals surface area contributed by atoms with Crippen LogP contribution in [0.1, 0.15) is 41.6 Å². The maximum absolute atomic E-state index is 14.4. The van der Waals surface area contributed by atoms with E-state index in [1.165, 1.54) is 46.3 Å². The summed E-state index contributed by atoms with van der Waals surface area (Å²) < 4.78 is 35.7. The van der Waals surface area contributed by atoms with Crippen molar-refractivity contribution in [1.82, 2.24) is 20.1 Å². The molecule has 3 aromatic rings. The number of fused-ring (bicyclic) bond motifs is 1. The van der Waals surface area contributed by atoms with E-state index >= 15 is 0 Å². The van der Waals surface area contributed by atoms with Crippen molar-refractivity contribution in [2.45, 2.75) is 31.3 Å². The van der Waals surface area contributed by atoms with Gasteiger partial charge in [0.2, 0.25) is 33.7 Å². The topological polar surface area (TPSA) is 182 Å². The van der Waals surface area contributed by atoms with E-state index in [1.807, 2.05) is 0 Å². The molecule has 0 fully saturated rings. The monoisotopic (exact) mass is 777 g/mol. The first-order valence-electron chi connectivity index (χ1n) is 15.4. The van der Waals surface area contributed by atoms with Crippen molar-refractivity contribution in [2.24, 2.45) is 13.0 Å². The molecule has 50 heavy (non-hydrogen) atoms. The highest BCUT2D eigenvalue weighted by atomic mass is 79.9. The van der Waals surface area contributed by atoms with Crippen LogP contribution in [-0.4, -0.2) is 91.6 Å². The summed E-state index contributed by atoms with van der Waals surface area (Å²) in [5, 5.41) is 22.2. The molecule has 17 heteroatoms. The van der Waals surface area contributed by atoms with Crippen molar-refractivity contribution < 1.29 is 47.9 Å². The van der Waals surface area contributed by atoms with Gasteiger partial charge in [-0.05, 0) is 33.6 Å². The number of carbonyl (C=O) groups is 3. The number of nitrogens with zero attached hydrogens (tertiary/aromatic N) is 3. The minimum absolute atomic E-state index is 0.00470. The van der Waals surface area contributed by atoms with Crippen LogP contribution in [0.4, 0.5) is 5.95 Å². The number of ketones is 2. The van der Waals surface area contributed by atoms with E-state index in [9.17, 15) is 19.5 Å². The number of aliphatic hydroxyl groups excluding tert-OH is 1. The molecule has 1 spiro atoms. The van der Waals surface area contributed by atoms with Gasteiger partial charge in [-0.25, -0.2) is 4.68 Å². The minimum Gasteiger partial charge on any atom is -0.507 e. The number of aromatic nitrogens is 3. The average molecular weight is 779 g/mol. The summed E-state index contributed by atoms with van der Waals surface area (Å²) in [6, 6.07) is 4.62. The Morgan fingerprint density at radius 1 is 1.06 bits per heavy atom. The second kappa shape index (κ2) is 14.6. The molecule has 2 aliphatic rings. The van der Waals surface area contributed by atoms with E-state index < -0.39 is 40.7 Å². The van der Waals surface area contributed by atoms with Crippen LogP contribution in [0, 0.1) is 5.92 Å². The van der Waals surface area contributed by atoms with Gasteiger partial charge in [0.25, 0.3) is 0 Å². The van der Waals surface area contributed by atoms with Gasteiger partial charge >= 0.3 is 0 Å². The molecule has 2 aromatic carbocycles. The highest BCUT2D eigenvalue weighted by Gasteiger charge is 2.61. The van der Waals surface area contributed by atoms with E-state index in [1.54, 1.807) is 26.1 Å². The lowest BCUT2D eigenvalue weighted by Crippen LogP contribution is -2.53. The van der Waals surface area contributed by atoms with Gasteiger partial charge < -0.3 is 44.2 Å². The summed E-state index contributed by atoms with van der Waals surface area (Å²) >= 11 is 9.83. The Hall–Kier alpha value is -4.70. The molecule has 0 saturated carbocycles. The standard InChI is InChI=1S/C33H37BrClN5O10/c1-15-10-18(41)24(29(43)33(15)30(44)25-19(45-3)14-20(46-4)26(35)28(25)50-33)17(16-11-21(47-5)27(49-7)22(12-16)48-6)13-23(42)36-8-9-37-32-38-31(34)39-40(32)2/h11-12,14-15,17,43H,8-10,13H2,1-7H3,(H,36,42)(H,37,38,39). The minimum atomic E-state index is -2.06. The molecule has 268 valence electrons. The van der Waals surface area contributed by atoms with E-state index in [-0.39, 0.29) is 70.0 Å². The average Bonchev–Trinajstić information content (AvgIpc) is 3.60. The zero-order valence-electron chi connectivity index (χ0n) is 28.4. The number of rotatable bonds is 13. The van der Waals surface area contributed by atoms with Gasteiger partial charge in [0.15, 0.2) is 28.8 Å². The first-order chi connectivity index (χ1) is 23.9. The van der Waals surface area contributed by atoms with Crippen molar-refractivity contribution in [3.8, 4) is 34.5 Å².